The molecule has 0 bridgehead atoms. The molecule has 24 heavy (non-hydrogen) atoms. The van der Waals surface area contributed by atoms with Crippen molar-refractivity contribution < 1.29 is 4.79 Å². The van der Waals surface area contributed by atoms with E-state index in [0.29, 0.717) is 18.2 Å². The Hall–Kier alpha value is -3.02. The third-order valence-corrected chi connectivity index (χ3v) is 4.15. The number of aryl methyl sites for hydroxylation is 2. The average molecular weight is 319 g/mol. The molecule has 1 aliphatic heterocycles. The largest absolute Gasteiger partial charge is 0.316 e. The summed E-state index contributed by atoms with van der Waals surface area (Å²) in [5.74, 6) is 0.512. The zero-order chi connectivity index (χ0) is 16.5. The highest BCUT2D eigenvalue weighted by Crippen LogP contribution is 2.27. The lowest BCUT2D eigenvalue weighted by Crippen LogP contribution is -2.38. The van der Waals surface area contributed by atoms with E-state index in [0.717, 1.165) is 24.2 Å². The smallest absolute Gasteiger partial charge is 0.280 e. The van der Waals surface area contributed by atoms with Gasteiger partial charge in [0.1, 0.15) is 5.69 Å². The number of rotatable bonds is 2. The van der Waals surface area contributed by atoms with Crippen molar-refractivity contribution >= 4 is 11.9 Å². The SMILES string of the molecule is Cc1ccc(-c2cn3c(n2)N(C(=O)c2cnccn2)CCC3)cc1. The number of aromatic nitrogens is 4. The van der Waals surface area contributed by atoms with Crippen LogP contribution < -0.4 is 4.90 Å². The van der Waals surface area contributed by atoms with Crippen LogP contribution in [0.3, 0.4) is 0 Å². The maximum absolute atomic E-state index is 12.7. The van der Waals surface area contributed by atoms with Gasteiger partial charge < -0.3 is 4.57 Å². The Morgan fingerprint density at radius 3 is 2.71 bits per heavy atom. The molecule has 1 aliphatic rings. The van der Waals surface area contributed by atoms with E-state index in [1.807, 2.05) is 10.8 Å². The summed E-state index contributed by atoms with van der Waals surface area (Å²) in [6.45, 7) is 3.56. The van der Waals surface area contributed by atoms with Gasteiger partial charge in [-0.25, -0.2) is 9.97 Å². The van der Waals surface area contributed by atoms with Gasteiger partial charge in [-0.1, -0.05) is 29.8 Å². The van der Waals surface area contributed by atoms with Crippen LogP contribution in [0.4, 0.5) is 5.95 Å². The van der Waals surface area contributed by atoms with Crippen molar-refractivity contribution in [2.75, 3.05) is 11.4 Å². The molecule has 0 aliphatic carbocycles. The second-order valence-electron chi connectivity index (χ2n) is 5.89. The number of hydrogen-bond donors (Lipinski definition) is 0. The summed E-state index contributed by atoms with van der Waals surface area (Å²) in [5, 5.41) is 0. The molecule has 1 aromatic carbocycles. The van der Waals surface area contributed by atoms with E-state index >= 15 is 0 Å². The number of nitrogens with zero attached hydrogens (tertiary/aromatic N) is 5. The quantitative estimate of drug-likeness (QED) is 0.728. The van der Waals surface area contributed by atoms with Crippen LogP contribution in [0.1, 0.15) is 22.5 Å². The number of carbonyl (C=O) groups excluding carboxylic acids is 1. The van der Waals surface area contributed by atoms with Gasteiger partial charge in [-0.15, -0.1) is 0 Å². The number of anilines is 1. The van der Waals surface area contributed by atoms with Gasteiger partial charge in [-0.2, -0.15) is 0 Å². The summed E-state index contributed by atoms with van der Waals surface area (Å²) < 4.78 is 2.03. The Labute approximate surface area is 139 Å². The van der Waals surface area contributed by atoms with Crippen LogP contribution in [0.2, 0.25) is 0 Å². The average Bonchev–Trinajstić information content (AvgIpc) is 3.06. The summed E-state index contributed by atoms with van der Waals surface area (Å²) in [4.78, 5) is 27.2. The highest BCUT2D eigenvalue weighted by molar-refractivity contribution is 6.03. The Kier molecular flexibility index (Phi) is 3.57. The molecule has 3 aromatic rings. The van der Waals surface area contributed by atoms with E-state index in [1.165, 1.54) is 18.0 Å². The highest BCUT2D eigenvalue weighted by atomic mass is 16.2. The number of hydrogen-bond acceptors (Lipinski definition) is 4. The first kappa shape index (κ1) is 14.6. The van der Waals surface area contributed by atoms with Crippen molar-refractivity contribution in [1.82, 2.24) is 19.5 Å². The number of benzene rings is 1. The molecule has 0 atom stereocenters. The minimum atomic E-state index is -0.162. The first-order valence-electron chi connectivity index (χ1n) is 7.94. The van der Waals surface area contributed by atoms with E-state index in [-0.39, 0.29) is 5.91 Å². The van der Waals surface area contributed by atoms with Crippen LogP contribution in [0.25, 0.3) is 11.3 Å². The van der Waals surface area contributed by atoms with Gasteiger partial charge in [0.25, 0.3) is 5.91 Å². The Morgan fingerprint density at radius 1 is 1.12 bits per heavy atom. The molecule has 2 aromatic heterocycles. The maximum atomic E-state index is 12.7. The fraction of sp³-hybridized carbons (Fsp3) is 0.222. The zero-order valence-electron chi connectivity index (χ0n) is 13.4. The second-order valence-corrected chi connectivity index (χ2v) is 5.89. The molecule has 0 spiro atoms. The van der Waals surface area contributed by atoms with Crippen LogP contribution >= 0.6 is 0 Å². The van der Waals surface area contributed by atoms with E-state index in [2.05, 4.69) is 41.2 Å². The lowest BCUT2D eigenvalue weighted by molar-refractivity contribution is 0.0976. The molecular weight excluding hydrogens is 302 g/mol. The van der Waals surface area contributed by atoms with Crippen molar-refractivity contribution in [3.05, 3.63) is 60.3 Å². The molecule has 120 valence electrons. The summed E-state index contributed by atoms with van der Waals surface area (Å²) in [6, 6.07) is 8.24. The fourth-order valence-corrected chi connectivity index (χ4v) is 2.89. The minimum Gasteiger partial charge on any atom is -0.316 e. The molecule has 0 saturated carbocycles. The molecule has 4 rings (SSSR count). The van der Waals surface area contributed by atoms with Crippen LogP contribution in [-0.2, 0) is 6.54 Å². The standard InChI is InChI=1S/C18H17N5O/c1-13-3-5-14(6-4-13)16-12-22-9-2-10-23(18(22)21-16)17(24)15-11-19-7-8-20-15/h3-8,11-12H,2,9-10H2,1H3. The van der Waals surface area contributed by atoms with Gasteiger partial charge in [-0.3, -0.25) is 14.7 Å². The number of carbonyl (C=O) groups is 1. The molecule has 0 N–H and O–H groups in total. The van der Waals surface area contributed by atoms with E-state index in [9.17, 15) is 4.79 Å². The molecule has 0 saturated heterocycles. The zero-order valence-corrected chi connectivity index (χ0v) is 13.4. The Bertz CT molecular complexity index is 870. The molecule has 0 fully saturated rings. The maximum Gasteiger partial charge on any atom is 0.280 e. The number of amides is 1. The summed E-state index contributed by atoms with van der Waals surface area (Å²) in [6.07, 6.45) is 7.48. The van der Waals surface area contributed by atoms with Gasteiger partial charge >= 0.3 is 0 Å². The summed E-state index contributed by atoms with van der Waals surface area (Å²) >= 11 is 0. The molecule has 3 heterocycles. The normalized spacial score (nSPS) is 13.6. The van der Waals surface area contributed by atoms with E-state index in [4.69, 9.17) is 4.98 Å². The van der Waals surface area contributed by atoms with Crippen molar-refractivity contribution in [3.8, 4) is 11.3 Å². The molecule has 0 radical (unpaired) electrons. The Morgan fingerprint density at radius 2 is 1.96 bits per heavy atom. The second kappa shape index (κ2) is 5.88. The third kappa shape index (κ3) is 2.56. The van der Waals surface area contributed by atoms with Gasteiger partial charge in [0.05, 0.1) is 11.9 Å². The molecular formula is C18H17N5O. The van der Waals surface area contributed by atoms with Crippen LogP contribution in [0.5, 0.6) is 0 Å². The van der Waals surface area contributed by atoms with Crippen LogP contribution in [-0.4, -0.2) is 32.0 Å². The predicted octanol–water partition coefficient (Wildman–Crippen LogP) is 2.70. The number of imidazole rings is 1. The van der Waals surface area contributed by atoms with Crippen molar-refractivity contribution in [1.29, 1.82) is 0 Å². The van der Waals surface area contributed by atoms with Crippen molar-refractivity contribution in [2.45, 2.75) is 19.9 Å². The molecule has 6 nitrogen and oxygen atoms in total. The highest BCUT2D eigenvalue weighted by Gasteiger charge is 2.27. The van der Waals surface area contributed by atoms with Gasteiger partial charge in [-0.05, 0) is 13.3 Å². The molecule has 0 unspecified atom stereocenters. The summed E-state index contributed by atoms with van der Waals surface area (Å²) in [7, 11) is 0. The van der Waals surface area contributed by atoms with Gasteiger partial charge in [0.15, 0.2) is 0 Å². The van der Waals surface area contributed by atoms with Gasteiger partial charge in [0.2, 0.25) is 5.95 Å². The predicted molar refractivity (Wildman–Crippen MR) is 90.7 cm³/mol. The third-order valence-electron chi connectivity index (χ3n) is 4.15. The Balaban J connectivity index is 1.70. The minimum absolute atomic E-state index is 0.162. The van der Waals surface area contributed by atoms with Crippen LogP contribution in [0, 0.1) is 6.92 Å². The van der Waals surface area contributed by atoms with E-state index in [1.54, 1.807) is 11.1 Å². The van der Waals surface area contributed by atoms with E-state index < -0.39 is 0 Å². The lowest BCUT2D eigenvalue weighted by atomic mass is 10.1. The van der Waals surface area contributed by atoms with Gasteiger partial charge in [0, 0.05) is 37.2 Å². The topological polar surface area (TPSA) is 63.9 Å². The lowest BCUT2D eigenvalue weighted by Gasteiger charge is -2.26. The molecule has 6 heteroatoms. The molecule has 1 amide bonds. The number of fused-ring (bicyclic) bond motifs is 1. The first-order valence-corrected chi connectivity index (χ1v) is 7.94. The van der Waals surface area contributed by atoms with Crippen molar-refractivity contribution in [3.63, 3.8) is 0 Å². The summed E-state index contributed by atoms with van der Waals surface area (Å²) in [5.41, 5.74) is 3.48. The first-order chi connectivity index (χ1) is 11.7. The van der Waals surface area contributed by atoms with Crippen molar-refractivity contribution in [2.24, 2.45) is 0 Å². The monoisotopic (exact) mass is 319 g/mol. The fourth-order valence-electron chi connectivity index (χ4n) is 2.89. The van der Waals surface area contributed by atoms with Crippen LogP contribution in [0.15, 0.2) is 49.1 Å².